The van der Waals surface area contributed by atoms with Crippen molar-refractivity contribution >= 4 is 11.6 Å². The van der Waals surface area contributed by atoms with Crippen molar-refractivity contribution in [1.82, 2.24) is 5.32 Å². The maximum absolute atomic E-state index is 13.7. The van der Waals surface area contributed by atoms with Crippen LogP contribution in [0, 0.1) is 5.82 Å². The van der Waals surface area contributed by atoms with Gasteiger partial charge in [0.25, 0.3) is 0 Å². The van der Waals surface area contributed by atoms with E-state index in [9.17, 15) is 4.39 Å². The molecule has 5 heteroatoms. The Morgan fingerprint density at radius 1 is 1.35 bits per heavy atom. The van der Waals surface area contributed by atoms with Gasteiger partial charge >= 0.3 is 0 Å². The van der Waals surface area contributed by atoms with Crippen molar-refractivity contribution in [2.75, 3.05) is 0 Å². The fourth-order valence-corrected chi connectivity index (χ4v) is 2.09. The number of benzene rings is 1. The van der Waals surface area contributed by atoms with E-state index in [1.54, 1.807) is 18.4 Å². The van der Waals surface area contributed by atoms with Gasteiger partial charge in [-0.2, -0.15) is 0 Å². The number of halogens is 2. The van der Waals surface area contributed by atoms with Gasteiger partial charge in [-0.1, -0.05) is 17.7 Å². The van der Waals surface area contributed by atoms with Crippen LogP contribution in [0.3, 0.4) is 0 Å². The van der Waals surface area contributed by atoms with Crippen molar-refractivity contribution < 1.29 is 13.5 Å². The largest absolute Gasteiger partial charge is 0.486 e. The van der Waals surface area contributed by atoms with E-state index >= 15 is 0 Å². The van der Waals surface area contributed by atoms with Gasteiger partial charge in [-0.25, -0.2) is 4.39 Å². The quantitative estimate of drug-likeness (QED) is 0.877. The zero-order valence-electron chi connectivity index (χ0n) is 10.9. The lowest BCUT2D eigenvalue weighted by Gasteiger charge is -2.08. The zero-order chi connectivity index (χ0) is 13.9. The molecule has 0 aliphatic heterocycles. The number of furan rings is 1. The molecule has 1 aromatic carbocycles. The highest BCUT2D eigenvalue weighted by molar-refractivity contribution is 6.30. The SMILES string of the molecule is Fc1c(Cl)cccc1OCc1ccoc1CNC1CC1. The van der Waals surface area contributed by atoms with Crippen LogP contribution < -0.4 is 10.1 Å². The lowest BCUT2D eigenvalue weighted by Crippen LogP contribution is -2.16. The minimum Gasteiger partial charge on any atom is -0.486 e. The summed E-state index contributed by atoms with van der Waals surface area (Å²) in [5, 5.41) is 3.43. The molecule has 0 amide bonds. The van der Waals surface area contributed by atoms with Crippen LogP contribution in [0.5, 0.6) is 5.75 Å². The van der Waals surface area contributed by atoms with Gasteiger partial charge in [-0.05, 0) is 31.0 Å². The molecule has 1 saturated carbocycles. The Morgan fingerprint density at radius 2 is 2.20 bits per heavy atom. The van der Waals surface area contributed by atoms with Crippen LogP contribution in [-0.2, 0) is 13.2 Å². The Kier molecular flexibility index (Phi) is 3.94. The van der Waals surface area contributed by atoms with Crippen LogP contribution >= 0.6 is 11.6 Å². The van der Waals surface area contributed by atoms with Crippen LogP contribution in [0.4, 0.5) is 4.39 Å². The number of nitrogens with one attached hydrogen (secondary N) is 1. The summed E-state index contributed by atoms with van der Waals surface area (Å²) in [6.07, 6.45) is 4.07. The molecular weight excluding hydrogens is 281 g/mol. The van der Waals surface area contributed by atoms with E-state index in [0.29, 0.717) is 12.6 Å². The third-order valence-electron chi connectivity index (χ3n) is 3.27. The highest BCUT2D eigenvalue weighted by Crippen LogP contribution is 2.25. The van der Waals surface area contributed by atoms with Crippen LogP contribution in [0.1, 0.15) is 24.2 Å². The Morgan fingerprint density at radius 3 is 3.00 bits per heavy atom. The molecule has 0 saturated heterocycles. The minimum absolute atomic E-state index is 0.0605. The summed E-state index contributed by atoms with van der Waals surface area (Å²) in [6.45, 7) is 0.934. The second-order valence-electron chi connectivity index (χ2n) is 4.86. The van der Waals surface area contributed by atoms with E-state index in [0.717, 1.165) is 11.3 Å². The van der Waals surface area contributed by atoms with Gasteiger partial charge in [0, 0.05) is 11.6 Å². The molecule has 1 aliphatic carbocycles. The molecule has 3 rings (SSSR count). The van der Waals surface area contributed by atoms with Gasteiger partial charge < -0.3 is 14.5 Å². The summed E-state index contributed by atoms with van der Waals surface area (Å²) in [5.41, 5.74) is 0.914. The summed E-state index contributed by atoms with van der Waals surface area (Å²) in [7, 11) is 0. The highest BCUT2D eigenvalue weighted by Gasteiger charge is 2.21. The molecular formula is C15H15ClFNO2. The summed E-state index contributed by atoms with van der Waals surface area (Å²) >= 11 is 5.71. The molecule has 106 valence electrons. The minimum atomic E-state index is -0.532. The summed E-state index contributed by atoms with van der Waals surface area (Å²) in [5.74, 6) is 0.453. The van der Waals surface area contributed by atoms with Crippen molar-refractivity contribution in [1.29, 1.82) is 0 Å². The molecule has 0 radical (unpaired) electrons. The zero-order valence-corrected chi connectivity index (χ0v) is 11.6. The molecule has 1 aromatic heterocycles. The van der Waals surface area contributed by atoms with Crippen molar-refractivity contribution in [3.63, 3.8) is 0 Å². The number of rotatable bonds is 6. The van der Waals surface area contributed by atoms with Crippen LogP contribution in [-0.4, -0.2) is 6.04 Å². The summed E-state index contributed by atoms with van der Waals surface area (Å²) in [6, 6.07) is 7.16. The van der Waals surface area contributed by atoms with Crippen molar-refractivity contribution in [2.24, 2.45) is 0 Å². The predicted molar refractivity (Wildman–Crippen MR) is 74.3 cm³/mol. The van der Waals surface area contributed by atoms with Gasteiger partial charge in [0.1, 0.15) is 12.4 Å². The van der Waals surface area contributed by atoms with Crippen LogP contribution in [0.2, 0.25) is 5.02 Å². The number of ether oxygens (including phenoxy) is 1. The first-order chi connectivity index (χ1) is 9.74. The standard InChI is InChI=1S/C15H15ClFNO2/c16-12-2-1-3-13(15(12)17)20-9-10-6-7-19-14(10)8-18-11-4-5-11/h1-3,6-7,11,18H,4-5,8-9H2. The highest BCUT2D eigenvalue weighted by atomic mass is 35.5. The first-order valence-electron chi connectivity index (χ1n) is 6.59. The van der Waals surface area contributed by atoms with Gasteiger partial charge in [-0.15, -0.1) is 0 Å². The smallest absolute Gasteiger partial charge is 0.183 e. The summed E-state index contributed by atoms with van der Waals surface area (Å²) in [4.78, 5) is 0. The molecule has 0 atom stereocenters. The predicted octanol–water partition coefficient (Wildman–Crippen LogP) is 3.90. The first-order valence-corrected chi connectivity index (χ1v) is 6.97. The molecule has 20 heavy (non-hydrogen) atoms. The van der Waals surface area contributed by atoms with Crippen LogP contribution in [0.15, 0.2) is 34.9 Å². The second-order valence-corrected chi connectivity index (χ2v) is 5.27. The topological polar surface area (TPSA) is 34.4 Å². The molecule has 0 unspecified atom stereocenters. The number of hydrogen-bond acceptors (Lipinski definition) is 3. The Balaban J connectivity index is 1.62. The molecule has 2 aromatic rings. The normalized spacial score (nSPS) is 14.5. The third kappa shape index (κ3) is 3.14. The summed E-state index contributed by atoms with van der Waals surface area (Å²) < 4.78 is 24.6. The van der Waals surface area contributed by atoms with Crippen molar-refractivity contribution in [3.05, 3.63) is 52.7 Å². The van der Waals surface area contributed by atoms with E-state index in [2.05, 4.69) is 5.32 Å². The molecule has 1 aliphatic rings. The Bertz CT molecular complexity index is 595. The second kappa shape index (κ2) is 5.85. The maximum Gasteiger partial charge on any atom is 0.183 e. The van der Waals surface area contributed by atoms with Gasteiger partial charge in [0.05, 0.1) is 17.8 Å². The van der Waals surface area contributed by atoms with Crippen LogP contribution in [0.25, 0.3) is 0 Å². The monoisotopic (exact) mass is 295 g/mol. The number of hydrogen-bond donors (Lipinski definition) is 1. The maximum atomic E-state index is 13.7. The van der Waals surface area contributed by atoms with E-state index in [-0.39, 0.29) is 17.4 Å². The van der Waals surface area contributed by atoms with E-state index < -0.39 is 5.82 Å². The third-order valence-corrected chi connectivity index (χ3v) is 3.56. The molecule has 1 N–H and O–H groups in total. The Hall–Kier alpha value is -1.52. The lowest BCUT2D eigenvalue weighted by atomic mass is 10.2. The van der Waals surface area contributed by atoms with E-state index in [1.807, 2.05) is 6.07 Å². The fourth-order valence-electron chi connectivity index (χ4n) is 1.93. The van der Waals surface area contributed by atoms with E-state index in [1.165, 1.54) is 18.9 Å². The van der Waals surface area contributed by atoms with Crippen molar-refractivity contribution in [2.45, 2.75) is 32.0 Å². The van der Waals surface area contributed by atoms with Gasteiger partial charge in [-0.3, -0.25) is 0 Å². The lowest BCUT2D eigenvalue weighted by molar-refractivity contribution is 0.286. The first kappa shape index (κ1) is 13.5. The van der Waals surface area contributed by atoms with Crippen molar-refractivity contribution in [3.8, 4) is 5.75 Å². The van der Waals surface area contributed by atoms with Gasteiger partial charge in [0.2, 0.25) is 0 Å². The Labute approximate surface area is 121 Å². The average Bonchev–Trinajstić information content (AvgIpc) is 3.17. The molecule has 1 heterocycles. The molecule has 0 spiro atoms. The molecule has 3 nitrogen and oxygen atoms in total. The fraction of sp³-hybridized carbons (Fsp3) is 0.333. The molecule has 1 fully saturated rings. The molecule has 0 bridgehead atoms. The average molecular weight is 296 g/mol. The van der Waals surface area contributed by atoms with E-state index in [4.69, 9.17) is 20.8 Å². The van der Waals surface area contributed by atoms with Gasteiger partial charge in [0.15, 0.2) is 11.6 Å².